The molecule has 1 aromatic rings. The number of nitrogens with zero attached hydrogens (tertiary/aromatic N) is 2. The second kappa shape index (κ2) is 6.53. The van der Waals surface area contributed by atoms with E-state index in [-0.39, 0.29) is 5.60 Å². The van der Waals surface area contributed by atoms with Crippen molar-refractivity contribution in [2.24, 2.45) is 0 Å². The summed E-state index contributed by atoms with van der Waals surface area (Å²) < 4.78 is 5.88. The van der Waals surface area contributed by atoms with Crippen molar-refractivity contribution in [3.8, 4) is 0 Å². The van der Waals surface area contributed by atoms with Gasteiger partial charge in [0, 0.05) is 24.9 Å². The molecule has 0 aromatic carbocycles. The molecule has 1 saturated carbocycles. The second-order valence-electron chi connectivity index (χ2n) is 5.61. The SMILES string of the molecule is CCNc1nc(C2(OC)CCCCC2)nc(CC)c1C. The lowest BCUT2D eigenvalue weighted by molar-refractivity contribution is -0.0515. The maximum absolute atomic E-state index is 5.88. The number of nitrogens with one attached hydrogen (secondary N) is 1. The van der Waals surface area contributed by atoms with Crippen LogP contribution in [0.2, 0.25) is 0 Å². The van der Waals surface area contributed by atoms with Gasteiger partial charge in [-0.25, -0.2) is 9.97 Å². The van der Waals surface area contributed by atoms with E-state index in [2.05, 4.69) is 26.1 Å². The zero-order chi connectivity index (χ0) is 14.6. The number of ether oxygens (including phenoxy) is 1. The predicted molar refractivity (Wildman–Crippen MR) is 82.1 cm³/mol. The summed E-state index contributed by atoms with van der Waals surface area (Å²) in [6.45, 7) is 7.22. The largest absolute Gasteiger partial charge is 0.370 e. The van der Waals surface area contributed by atoms with Crippen molar-refractivity contribution < 1.29 is 4.74 Å². The summed E-state index contributed by atoms with van der Waals surface area (Å²) in [4.78, 5) is 9.61. The standard InChI is InChI=1S/C16H27N3O/c1-5-13-12(3)14(17-6-2)19-15(18-13)16(20-4)10-8-7-9-11-16/h5-11H2,1-4H3,(H,17,18,19). The molecule has 0 radical (unpaired) electrons. The molecule has 20 heavy (non-hydrogen) atoms. The topological polar surface area (TPSA) is 47.0 Å². The normalized spacial score (nSPS) is 18.0. The minimum atomic E-state index is -0.278. The van der Waals surface area contributed by atoms with Crippen molar-refractivity contribution in [3.05, 3.63) is 17.1 Å². The Hall–Kier alpha value is -1.16. The summed E-state index contributed by atoms with van der Waals surface area (Å²) in [5.74, 6) is 1.84. The Morgan fingerprint density at radius 3 is 2.40 bits per heavy atom. The summed E-state index contributed by atoms with van der Waals surface area (Å²) in [7, 11) is 1.80. The van der Waals surface area contributed by atoms with Gasteiger partial charge in [0.1, 0.15) is 11.4 Å². The van der Waals surface area contributed by atoms with E-state index in [0.717, 1.165) is 43.1 Å². The highest BCUT2D eigenvalue weighted by Crippen LogP contribution is 2.39. The van der Waals surface area contributed by atoms with Crippen molar-refractivity contribution in [3.63, 3.8) is 0 Å². The fraction of sp³-hybridized carbons (Fsp3) is 0.750. The Kier molecular flexibility index (Phi) is 4.97. The number of rotatable bonds is 5. The van der Waals surface area contributed by atoms with Crippen LogP contribution in [-0.2, 0) is 16.8 Å². The lowest BCUT2D eigenvalue weighted by Crippen LogP contribution is -2.34. The Bertz CT molecular complexity index is 453. The summed E-state index contributed by atoms with van der Waals surface area (Å²) in [6.07, 6.45) is 6.67. The number of hydrogen-bond donors (Lipinski definition) is 1. The van der Waals surface area contributed by atoms with Gasteiger partial charge in [-0.3, -0.25) is 0 Å². The van der Waals surface area contributed by atoms with E-state index in [1.54, 1.807) is 7.11 Å². The van der Waals surface area contributed by atoms with Gasteiger partial charge in [0.25, 0.3) is 0 Å². The quantitative estimate of drug-likeness (QED) is 0.893. The lowest BCUT2D eigenvalue weighted by Gasteiger charge is -2.35. The van der Waals surface area contributed by atoms with Gasteiger partial charge >= 0.3 is 0 Å². The number of methoxy groups -OCH3 is 1. The van der Waals surface area contributed by atoms with Gasteiger partial charge in [0.05, 0.1) is 0 Å². The van der Waals surface area contributed by atoms with E-state index < -0.39 is 0 Å². The van der Waals surface area contributed by atoms with Crippen LogP contribution >= 0.6 is 0 Å². The number of hydrogen-bond acceptors (Lipinski definition) is 4. The van der Waals surface area contributed by atoms with Crippen LogP contribution in [0, 0.1) is 6.92 Å². The molecule has 1 fully saturated rings. The molecule has 0 amide bonds. The fourth-order valence-electron chi connectivity index (χ4n) is 3.09. The smallest absolute Gasteiger partial charge is 0.162 e. The van der Waals surface area contributed by atoms with E-state index in [1.807, 2.05) is 0 Å². The second-order valence-corrected chi connectivity index (χ2v) is 5.61. The number of anilines is 1. The molecule has 0 atom stereocenters. The van der Waals surface area contributed by atoms with Crippen molar-refractivity contribution >= 4 is 5.82 Å². The minimum Gasteiger partial charge on any atom is -0.370 e. The molecule has 1 aliphatic rings. The van der Waals surface area contributed by atoms with Crippen molar-refractivity contribution in [1.29, 1.82) is 0 Å². The first-order valence-corrected chi connectivity index (χ1v) is 7.84. The highest BCUT2D eigenvalue weighted by atomic mass is 16.5. The molecule has 0 spiro atoms. The summed E-state index contributed by atoms with van der Waals surface area (Å²) in [5, 5.41) is 3.36. The van der Waals surface area contributed by atoms with Gasteiger partial charge in [0.2, 0.25) is 0 Å². The molecule has 0 aliphatic heterocycles. The van der Waals surface area contributed by atoms with Crippen LogP contribution in [0.5, 0.6) is 0 Å². The number of aromatic nitrogens is 2. The van der Waals surface area contributed by atoms with Crippen molar-refractivity contribution in [1.82, 2.24) is 9.97 Å². The van der Waals surface area contributed by atoms with Gasteiger partial charge in [0.15, 0.2) is 5.82 Å². The summed E-state index contributed by atoms with van der Waals surface area (Å²) in [6, 6.07) is 0. The van der Waals surface area contributed by atoms with Crippen LogP contribution < -0.4 is 5.32 Å². The molecule has 4 heteroatoms. The highest BCUT2D eigenvalue weighted by molar-refractivity contribution is 5.46. The zero-order valence-electron chi connectivity index (χ0n) is 13.3. The first-order valence-electron chi connectivity index (χ1n) is 7.84. The predicted octanol–water partition coefficient (Wildman–Crippen LogP) is 3.59. The average molecular weight is 277 g/mol. The van der Waals surface area contributed by atoms with E-state index in [4.69, 9.17) is 14.7 Å². The molecule has 0 saturated heterocycles. The third-order valence-corrected chi connectivity index (χ3v) is 4.39. The molecular weight excluding hydrogens is 250 g/mol. The van der Waals surface area contributed by atoms with E-state index in [9.17, 15) is 0 Å². The molecule has 2 rings (SSSR count). The molecular formula is C16H27N3O. The van der Waals surface area contributed by atoms with Crippen LogP contribution in [0.3, 0.4) is 0 Å². The Morgan fingerprint density at radius 2 is 1.85 bits per heavy atom. The number of aryl methyl sites for hydroxylation is 1. The minimum absolute atomic E-state index is 0.278. The van der Waals surface area contributed by atoms with E-state index >= 15 is 0 Å². The van der Waals surface area contributed by atoms with E-state index in [0.29, 0.717) is 0 Å². The van der Waals surface area contributed by atoms with Gasteiger partial charge in [-0.05, 0) is 33.1 Å². The third kappa shape index (κ3) is 2.80. The van der Waals surface area contributed by atoms with Crippen molar-refractivity contribution in [2.45, 2.75) is 64.9 Å². The summed E-state index contributed by atoms with van der Waals surface area (Å²) in [5.41, 5.74) is 2.02. The molecule has 0 unspecified atom stereocenters. The van der Waals surface area contributed by atoms with Crippen LogP contribution in [0.25, 0.3) is 0 Å². The monoisotopic (exact) mass is 277 g/mol. The molecule has 1 aromatic heterocycles. The molecule has 4 nitrogen and oxygen atoms in total. The molecule has 1 heterocycles. The summed E-state index contributed by atoms with van der Waals surface area (Å²) >= 11 is 0. The molecule has 1 N–H and O–H groups in total. The van der Waals surface area contributed by atoms with Crippen LogP contribution in [0.1, 0.15) is 63.0 Å². The van der Waals surface area contributed by atoms with Crippen LogP contribution in [-0.4, -0.2) is 23.6 Å². The van der Waals surface area contributed by atoms with Crippen LogP contribution in [0.4, 0.5) is 5.82 Å². The third-order valence-electron chi connectivity index (χ3n) is 4.39. The molecule has 112 valence electrons. The van der Waals surface area contributed by atoms with Gasteiger partial charge < -0.3 is 10.1 Å². The van der Waals surface area contributed by atoms with Gasteiger partial charge in [-0.1, -0.05) is 26.2 Å². The Balaban J connectivity index is 2.46. The molecule has 0 bridgehead atoms. The fourth-order valence-corrected chi connectivity index (χ4v) is 3.09. The lowest BCUT2D eigenvalue weighted by atomic mass is 9.83. The first-order chi connectivity index (χ1) is 9.66. The Labute approximate surface area is 122 Å². The zero-order valence-corrected chi connectivity index (χ0v) is 13.3. The van der Waals surface area contributed by atoms with Crippen LogP contribution in [0.15, 0.2) is 0 Å². The molecule has 1 aliphatic carbocycles. The Morgan fingerprint density at radius 1 is 1.15 bits per heavy atom. The van der Waals surface area contributed by atoms with E-state index in [1.165, 1.54) is 24.8 Å². The van der Waals surface area contributed by atoms with Gasteiger partial charge in [-0.2, -0.15) is 0 Å². The van der Waals surface area contributed by atoms with Crippen molar-refractivity contribution in [2.75, 3.05) is 19.0 Å². The van der Waals surface area contributed by atoms with Gasteiger partial charge in [-0.15, -0.1) is 0 Å². The maximum atomic E-state index is 5.88. The first kappa shape index (κ1) is 15.2. The maximum Gasteiger partial charge on any atom is 0.162 e. The average Bonchev–Trinajstić information content (AvgIpc) is 2.50. The highest BCUT2D eigenvalue weighted by Gasteiger charge is 2.37.